The van der Waals surface area contributed by atoms with Crippen molar-refractivity contribution in [2.24, 2.45) is 0 Å². The Kier molecular flexibility index (Phi) is 9.94. The van der Waals surface area contributed by atoms with Crippen LogP contribution in [0.4, 0.5) is 4.79 Å². The molecule has 1 N–H and O–H groups in total. The number of nitrogens with zero attached hydrogens (tertiary/aromatic N) is 3. The normalized spacial score (nSPS) is 23.4. The van der Waals surface area contributed by atoms with Gasteiger partial charge in [-0.15, -0.1) is 5.10 Å². The summed E-state index contributed by atoms with van der Waals surface area (Å²) in [6.07, 6.45) is -5.64. The zero-order chi connectivity index (χ0) is 27.9. The van der Waals surface area contributed by atoms with E-state index < -0.39 is 66.2 Å². The summed E-state index contributed by atoms with van der Waals surface area (Å²) in [5.74, 6) is -2.88. The number of aromatic nitrogens is 3. The maximum Gasteiger partial charge on any atom is 0.407 e. The predicted octanol–water partition coefficient (Wildman–Crippen LogP) is 0.558. The third-order valence-electron chi connectivity index (χ3n) is 4.60. The van der Waals surface area contributed by atoms with Crippen LogP contribution in [0.25, 0.3) is 0 Å². The molecular weight excluding hydrogens is 496 g/mol. The lowest BCUT2D eigenvalue weighted by atomic mass is 9.97. The fourth-order valence-corrected chi connectivity index (χ4v) is 3.41. The van der Waals surface area contributed by atoms with E-state index in [0.29, 0.717) is 5.69 Å². The molecule has 0 aliphatic carbocycles. The SMILES string of the molecule is CC(=O)OC[C@H]1O[C@H](n2cc(CNC(=O)OC(C)(C)C)nn2)[C@H](OC(C)=O)[C@@H](OC(C)=O)[C@@H]1OC(C)=O. The van der Waals surface area contributed by atoms with Gasteiger partial charge in [-0.05, 0) is 20.8 Å². The third-order valence-corrected chi connectivity index (χ3v) is 4.60. The van der Waals surface area contributed by atoms with Crippen LogP contribution in [0.3, 0.4) is 0 Å². The van der Waals surface area contributed by atoms with E-state index in [1.807, 2.05) is 0 Å². The smallest absolute Gasteiger partial charge is 0.407 e. The Morgan fingerprint density at radius 3 is 2.03 bits per heavy atom. The van der Waals surface area contributed by atoms with Gasteiger partial charge in [-0.1, -0.05) is 5.21 Å². The molecule has 37 heavy (non-hydrogen) atoms. The van der Waals surface area contributed by atoms with Crippen molar-refractivity contribution in [1.29, 1.82) is 0 Å². The van der Waals surface area contributed by atoms with Gasteiger partial charge in [0, 0.05) is 27.7 Å². The van der Waals surface area contributed by atoms with Crippen molar-refractivity contribution >= 4 is 30.0 Å². The van der Waals surface area contributed by atoms with Crippen LogP contribution in [-0.2, 0) is 54.1 Å². The Labute approximate surface area is 213 Å². The van der Waals surface area contributed by atoms with Crippen molar-refractivity contribution in [2.75, 3.05) is 6.61 Å². The number of nitrogens with one attached hydrogen (secondary N) is 1. The highest BCUT2D eigenvalue weighted by Crippen LogP contribution is 2.34. The van der Waals surface area contributed by atoms with Crippen molar-refractivity contribution in [3.05, 3.63) is 11.9 Å². The maximum atomic E-state index is 12.0. The highest BCUT2D eigenvalue weighted by molar-refractivity contribution is 5.69. The molecule has 15 nitrogen and oxygen atoms in total. The monoisotopic (exact) mass is 528 g/mol. The molecule has 1 saturated heterocycles. The molecular formula is C22H32N4O11. The molecule has 0 spiro atoms. The minimum atomic E-state index is -1.35. The third kappa shape index (κ3) is 9.33. The van der Waals surface area contributed by atoms with E-state index in [9.17, 15) is 24.0 Å². The minimum Gasteiger partial charge on any atom is -0.463 e. The molecule has 0 radical (unpaired) electrons. The second-order valence-corrected chi connectivity index (χ2v) is 9.14. The molecule has 0 aromatic carbocycles. The summed E-state index contributed by atoms with van der Waals surface area (Å²) < 4.78 is 33.5. The molecule has 1 amide bonds. The first kappa shape index (κ1) is 29.5. The molecule has 1 aliphatic heterocycles. The number of rotatable bonds is 8. The lowest BCUT2D eigenvalue weighted by molar-refractivity contribution is -0.270. The van der Waals surface area contributed by atoms with Crippen molar-refractivity contribution < 1.29 is 52.4 Å². The van der Waals surface area contributed by atoms with E-state index >= 15 is 0 Å². The molecule has 2 heterocycles. The topological polar surface area (TPSA) is 183 Å². The zero-order valence-electron chi connectivity index (χ0n) is 21.7. The van der Waals surface area contributed by atoms with Crippen LogP contribution < -0.4 is 5.32 Å². The van der Waals surface area contributed by atoms with E-state index in [1.165, 1.54) is 17.8 Å². The van der Waals surface area contributed by atoms with Crippen molar-refractivity contribution in [3.63, 3.8) is 0 Å². The Morgan fingerprint density at radius 1 is 0.919 bits per heavy atom. The van der Waals surface area contributed by atoms with Crippen LogP contribution in [0, 0.1) is 0 Å². The summed E-state index contributed by atoms with van der Waals surface area (Å²) in [6, 6.07) is 0. The zero-order valence-corrected chi connectivity index (χ0v) is 21.7. The summed E-state index contributed by atoms with van der Waals surface area (Å²) >= 11 is 0. The van der Waals surface area contributed by atoms with Crippen LogP contribution >= 0.6 is 0 Å². The van der Waals surface area contributed by atoms with E-state index in [4.69, 9.17) is 28.4 Å². The molecule has 1 aromatic heterocycles. The molecule has 15 heteroatoms. The second kappa shape index (κ2) is 12.5. The van der Waals surface area contributed by atoms with Gasteiger partial charge in [0.15, 0.2) is 24.5 Å². The number of carbonyl (C=O) groups is 5. The summed E-state index contributed by atoms with van der Waals surface area (Å²) in [4.78, 5) is 59.1. The van der Waals surface area contributed by atoms with Crippen molar-refractivity contribution in [3.8, 4) is 0 Å². The minimum absolute atomic E-state index is 0.0554. The first-order chi connectivity index (χ1) is 17.2. The second-order valence-electron chi connectivity index (χ2n) is 9.14. The van der Waals surface area contributed by atoms with E-state index in [2.05, 4.69) is 15.6 Å². The lowest BCUT2D eigenvalue weighted by Gasteiger charge is -2.44. The lowest BCUT2D eigenvalue weighted by Crippen LogP contribution is -2.60. The molecule has 0 bridgehead atoms. The number of alkyl carbamates (subject to hydrolysis) is 1. The molecule has 0 unspecified atom stereocenters. The largest absolute Gasteiger partial charge is 0.463 e. The number of ether oxygens (including phenoxy) is 6. The van der Waals surface area contributed by atoms with Crippen LogP contribution in [0.2, 0.25) is 0 Å². The number of carbonyl (C=O) groups excluding carboxylic acids is 5. The van der Waals surface area contributed by atoms with E-state index in [-0.39, 0.29) is 13.2 Å². The molecule has 1 aliphatic rings. The number of hydrogen-bond acceptors (Lipinski definition) is 13. The van der Waals surface area contributed by atoms with Gasteiger partial charge in [-0.2, -0.15) is 0 Å². The number of esters is 4. The van der Waals surface area contributed by atoms with Gasteiger partial charge in [-0.3, -0.25) is 19.2 Å². The number of amides is 1. The molecule has 1 fully saturated rings. The quantitative estimate of drug-likeness (QED) is 0.365. The Hall–Kier alpha value is -3.75. The van der Waals surface area contributed by atoms with Crippen LogP contribution in [0.15, 0.2) is 6.20 Å². The van der Waals surface area contributed by atoms with Gasteiger partial charge >= 0.3 is 30.0 Å². The van der Waals surface area contributed by atoms with Gasteiger partial charge in [-0.25, -0.2) is 9.48 Å². The van der Waals surface area contributed by atoms with Crippen LogP contribution in [0.1, 0.15) is 60.4 Å². The molecule has 2 rings (SSSR count). The van der Waals surface area contributed by atoms with Gasteiger partial charge in [0.2, 0.25) is 0 Å². The molecule has 1 aromatic rings. The highest BCUT2D eigenvalue weighted by Gasteiger charge is 2.53. The predicted molar refractivity (Wildman–Crippen MR) is 120 cm³/mol. The van der Waals surface area contributed by atoms with Gasteiger partial charge < -0.3 is 33.7 Å². The standard InChI is InChI=1S/C22H32N4O11/c1-11(27)32-10-16-17(33-12(2)28)18(34-13(3)29)19(35-14(4)30)20(36-16)26-9-15(24-25-26)8-23-21(31)37-22(5,6)7/h9,16-20H,8,10H2,1-7H3,(H,23,31)/t16-,17-,18+,19-,20+/m1/s1. The molecule has 5 atom stereocenters. The Morgan fingerprint density at radius 2 is 1.49 bits per heavy atom. The summed E-state index contributed by atoms with van der Waals surface area (Å²) in [5, 5.41) is 10.5. The first-order valence-electron chi connectivity index (χ1n) is 11.3. The van der Waals surface area contributed by atoms with E-state index in [1.54, 1.807) is 20.8 Å². The average Bonchev–Trinajstić information content (AvgIpc) is 3.20. The maximum absolute atomic E-state index is 12.0. The summed E-state index contributed by atoms with van der Waals surface area (Å²) in [5.41, 5.74) is -0.408. The molecule has 0 saturated carbocycles. The fourth-order valence-electron chi connectivity index (χ4n) is 3.41. The van der Waals surface area contributed by atoms with Crippen molar-refractivity contribution in [1.82, 2.24) is 20.3 Å². The number of hydrogen-bond donors (Lipinski definition) is 1. The summed E-state index contributed by atoms with van der Waals surface area (Å²) in [7, 11) is 0. The van der Waals surface area contributed by atoms with Gasteiger partial charge in [0.25, 0.3) is 0 Å². The highest BCUT2D eigenvalue weighted by atomic mass is 16.7. The van der Waals surface area contributed by atoms with E-state index in [0.717, 1.165) is 20.8 Å². The van der Waals surface area contributed by atoms with Gasteiger partial charge in [0.05, 0.1) is 12.7 Å². The van der Waals surface area contributed by atoms with Crippen molar-refractivity contribution in [2.45, 2.75) is 91.3 Å². The fraction of sp³-hybridized carbons (Fsp3) is 0.682. The first-order valence-corrected chi connectivity index (χ1v) is 11.3. The Bertz CT molecular complexity index is 1000. The van der Waals surface area contributed by atoms with Crippen LogP contribution in [-0.4, -0.2) is 81.6 Å². The average molecular weight is 529 g/mol. The molecule has 206 valence electrons. The summed E-state index contributed by atoms with van der Waals surface area (Å²) in [6.45, 7) is 9.27. The Balaban J connectivity index is 2.38. The van der Waals surface area contributed by atoms with Gasteiger partial charge in [0.1, 0.15) is 24.0 Å². The van der Waals surface area contributed by atoms with Crippen LogP contribution in [0.5, 0.6) is 0 Å².